The topological polar surface area (TPSA) is 181 Å². The molecule has 0 aliphatic carbocycles. The third-order valence-corrected chi connectivity index (χ3v) is 6.92. The minimum Gasteiger partial charge on any atom is -0.491 e. The number of aliphatic carboxylic acids is 1. The number of ether oxygens (including phenoxy) is 1. The van der Waals surface area contributed by atoms with Crippen LogP contribution in [-0.2, 0) is 21.2 Å². The maximum atomic E-state index is 13.0. The molecule has 3 amide bonds. The second-order valence-corrected chi connectivity index (χ2v) is 11.1. The van der Waals surface area contributed by atoms with Gasteiger partial charge in [0.1, 0.15) is 12.4 Å². The zero-order chi connectivity index (χ0) is 30.9. The van der Waals surface area contributed by atoms with Crippen LogP contribution in [-0.4, -0.2) is 61.9 Å². The molecule has 1 heterocycles. The molecule has 2 aromatic carbocycles. The van der Waals surface area contributed by atoms with Gasteiger partial charge in [-0.05, 0) is 60.4 Å². The van der Waals surface area contributed by atoms with Crippen molar-refractivity contribution in [3.8, 4) is 5.75 Å². The van der Waals surface area contributed by atoms with Gasteiger partial charge in [-0.15, -0.1) is 0 Å². The van der Waals surface area contributed by atoms with Crippen LogP contribution in [0.3, 0.4) is 0 Å². The molecule has 14 heteroatoms. The predicted molar refractivity (Wildman–Crippen MR) is 148 cm³/mol. The van der Waals surface area contributed by atoms with Crippen molar-refractivity contribution in [1.82, 2.24) is 20.3 Å². The number of sulfonamides is 1. The van der Waals surface area contributed by atoms with Crippen LogP contribution >= 0.6 is 0 Å². The summed E-state index contributed by atoms with van der Waals surface area (Å²) in [5.74, 6) is -4.10. The molecule has 0 aliphatic heterocycles. The fourth-order valence-electron chi connectivity index (χ4n) is 3.44. The van der Waals surface area contributed by atoms with Crippen LogP contribution in [0.5, 0.6) is 5.75 Å². The van der Waals surface area contributed by atoms with Gasteiger partial charge in [-0.2, -0.15) is 0 Å². The SMILES string of the molecule is CC(C)COc1cc(C(=O)NS(=O)(=O)c2ccc(C(=O)NCCc3ccc(F)cc3)cc2)cnc1C(=O)NCC(=O)O. The van der Waals surface area contributed by atoms with Crippen molar-refractivity contribution in [2.45, 2.75) is 25.2 Å². The molecule has 12 nitrogen and oxygen atoms in total. The number of rotatable bonds is 13. The van der Waals surface area contributed by atoms with E-state index in [1.54, 1.807) is 12.1 Å². The normalized spacial score (nSPS) is 11.0. The monoisotopic (exact) mass is 600 g/mol. The van der Waals surface area contributed by atoms with E-state index in [9.17, 15) is 32.0 Å². The highest BCUT2D eigenvalue weighted by Gasteiger charge is 2.23. The lowest BCUT2D eigenvalue weighted by molar-refractivity contribution is -0.135. The van der Waals surface area contributed by atoms with Crippen LogP contribution in [0.25, 0.3) is 0 Å². The number of carboxylic acid groups (broad SMARTS) is 1. The van der Waals surface area contributed by atoms with Gasteiger partial charge in [0.25, 0.3) is 27.7 Å². The number of halogens is 1. The van der Waals surface area contributed by atoms with Gasteiger partial charge < -0.3 is 20.5 Å². The predicted octanol–water partition coefficient (Wildman–Crippen LogP) is 2.16. The molecule has 0 atom stereocenters. The molecular weight excluding hydrogens is 571 g/mol. The van der Waals surface area contributed by atoms with Crippen molar-refractivity contribution >= 4 is 33.7 Å². The van der Waals surface area contributed by atoms with Crippen LogP contribution < -0.4 is 20.1 Å². The molecule has 222 valence electrons. The van der Waals surface area contributed by atoms with Crippen molar-refractivity contribution in [2.24, 2.45) is 5.92 Å². The minimum atomic E-state index is -4.36. The van der Waals surface area contributed by atoms with Crippen molar-refractivity contribution < 1.29 is 41.8 Å². The van der Waals surface area contributed by atoms with Gasteiger partial charge in [-0.25, -0.2) is 22.5 Å². The minimum absolute atomic E-state index is 0.0256. The Morgan fingerprint density at radius 2 is 1.60 bits per heavy atom. The molecule has 0 fully saturated rings. The second-order valence-electron chi connectivity index (χ2n) is 9.44. The van der Waals surface area contributed by atoms with E-state index in [0.717, 1.165) is 30.0 Å². The Kier molecular flexibility index (Phi) is 10.7. The third-order valence-electron chi connectivity index (χ3n) is 5.57. The summed E-state index contributed by atoms with van der Waals surface area (Å²) in [5.41, 5.74) is 0.512. The Hall–Kier alpha value is -4.85. The van der Waals surface area contributed by atoms with Crippen LogP contribution in [0.15, 0.2) is 65.7 Å². The van der Waals surface area contributed by atoms with Crippen LogP contribution in [0, 0.1) is 11.7 Å². The molecule has 0 spiro atoms. The van der Waals surface area contributed by atoms with E-state index in [2.05, 4.69) is 15.6 Å². The van der Waals surface area contributed by atoms with Gasteiger partial charge in [0, 0.05) is 18.3 Å². The number of amides is 3. The summed E-state index contributed by atoms with van der Waals surface area (Å²) in [6, 6.07) is 11.9. The Labute approximate surface area is 241 Å². The van der Waals surface area contributed by atoms with E-state index in [1.807, 2.05) is 18.6 Å². The molecule has 3 rings (SSSR count). The van der Waals surface area contributed by atoms with Crippen molar-refractivity contribution in [1.29, 1.82) is 0 Å². The number of carboxylic acids is 1. The van der Waals surface area contributed by atoms with Gasteiger partial charge in [0.2, 0.25) is 0 Å². The summed E-state index contributed by atoms with van der Waals surface area (Å²) in [6.07, 6.45) is 1.43. The standard InChI is InChI=1S/C28H29FN4O8S/c1-17(2)16-41-23-13-20(14-31-25(23)28(38)32-15-24(34)35)27(37)33-42(39,40)22-9-5-19(6-10-22)26(36)30-12-11-18-3-7-21(29)8-4-18/h3-10,13-14,17H,11-12,15-16H2,1-2H3,(H,30,36)(H,32,38)(H,33,37)(H,34,35). The number of nitrogens with one attached hydrogen (secondary N) is 3. The van der Waals surface area contributed by atoms with Gasteiger partial charge >= 0.3 is 5.97 Å². The molecule has 0 aliphatic rings. The molecule has 0 bridgehead atoms. The summed E-state index contributed by atoms with van der Waals surface area (Å²) >= 11 is 0. The van der Waals surface area contributed by atoms with E-state index >= 15 is 0 Å². The molecule has 3 aromatic rings. The van der Waals surface area contributed by atoms with Gasteiger partial charge in [-0.1, -0.05) is 26.0 Å². The van der Waals surface area contributed by atoms with E-state index in [-0.39, 0.29) is 52.4 Å². The zero-order valence-corrected chi connectivity index (χ0v) is 23.5. The Balaban J connectivity index is 1.67. The lowest BCUT2D eigenvalue weighted by atomic mass is 10.1. The Morgan fingerprint density at radius 1 is 0.929 bits per heavy atom. The molecule has 1 aromatic heterocycles. The summed E-state index contributed by atoms with van der Waals surface area (Å²) in [5, 5.41) is 13.6. The highest BCUT2D eigenvalue weighted by atomic mass is 32.2. The number of benzene rings is 2. The highest BCUT2D eigenvalue weighted by Crippen LogP contribution is 2.20. The molecule has 42 heavy (non-hydrogen) atoms. The number of carbonyl (C=O) groups excluding carboxylic acids is 3. The second kappa shape index (κ2) is 14.2. The largest absolute Gasteiger partial charge is 0.491 e. The van der Waals surface area contributed by atoms with Crippen molar-refractivity contribution in [2.75, 3.05) is 19.7 Å². The molecule has 0 unspecified atom stereocenters. The lowest BCUT2D eigenvalue weighted by Crippen LogP contribution is -2.32. The summed E-state index contributed by atoms with van der Waals surface area (Å²) in [6.45, 7) is 3.42. The maximum Gasteiger partial charge on any atom is 0.322 e. The van der Waals surface area contributed by atoms with Crippen LogP contribution in [0.4, 0.5) is 4.39 Å². The summed E-state index contributed by atoms with van der Waals surface area (Å²) in [7, 11) is -4.36. The fraction of sp³-hybridized carbons (Fsp3) is 0.250. The number of pyridine rings is 1. The first-order chi connectivity index (χ1) is 19.9. The average molecular weight is 601 g/mol. The first-order valence-electron chi connectivity index (χ1n) is 12.7. The molecule has 0 saturated heterocycles. The molecule has 0 saturated carbocycles. The molecular formula is C28H29FN4O8S. The first-order valence-corrected chi connectivity index (χ1v) is 14.2. The summed E-state index contributed by atoms with van der Waals surface area (Å²) in [4.78, 5) is 52.0. The van der Waals surface area contributed by atoms with Gasteiger partial charge in [0.05, 0.1) is 17.1 Å². The van der Waals surface area contributed by atoms with Crippen LogP contribution in [0.2, 0.25) is 0 Å². The highest BCUT2D eigenvalue weighted by molar-refractivity contribution is 7.90. The Morgan fingerprint density at radius 3 is 2.21 bits per heavy atom. The van der Waals surface area contributed by atoms with Crippen LogP contribution in [0.1, 0.15) is 50.6 Å². The quantitative estimate of drug-likeness (QED) is 0.229. The average Bonchev–Trinajstić information content (AvgIpc) is 2.95. The lowest BCUT2D eigenvalue weighted by Gasteiger charge is -2.14. The number of aromatic nitrogens is 1. The van der Waals surface area contributed by atoms with E-state index < -0.39 is 40.3 Å². The van der Waals surface area contributed by atoms with Gasteiger partial charge in [0.15, 0.2) is 11.4 Å². The number of hydrogen-bond acceptors (Lipinski definition) is 8. The maximum absolute atomic E-state index is 13.0. The number of nitrogens with zero attached hydrogens (tertiary/aromatic N) is 1. The van der Waals surface area contributed by atoms with E-state index in [1.165, 1.54) is 24.3 Å². The Bertz CT molecular complexity index is 1560. The summed E-state index contributed by atoms with van der Waals surface area (Å²) < 4.78 is 46.2. The number of hydrogen-bond donors (Lipinski definition) is 4. The van der Waals surface area contributed by atoms with Gasteiger partial charge in [-0.3, -0.25) is 19.2 Å². The third kappa shape index (κ3) is 9.09. The first kappa shape index (κ1) is 31.7. The molecule has 4 N–H and O–H groups in total. The fourth-order valence-corrected chi connectivity index (χ4v) is 4.42. The van der Waals surface area contributed by atoms with Crippen molar-refractivity contribution in [3.05, 3.63) is 89.0 Å². The van der Waals surface area contributed by atoms with E-state index in [0.29, 0.717) is 6.42 Å². The van der Waals surface area contributed by atoms with E-state index in [4.69, 9.17) is 9.84 Å². The zero-order valence-electron chi connectivity index (χ0n) is 22.7. The number of carbonyl (C=O) groups is 4. The molecule has 0 radical (unpaired) electrons. The van der Waals surface area contributed by atoms with Crippen molar-refractivity contribution in [3.63, 3.8) is 0 Å². The smallest absolute Gasteiger partial charge is 0.322 e.